The van der Waals surface area contributed by atoms with Crippen molar-refractivity contribution in [2.45, 2.75) is 12.5 Å². The molecule has 4 rings (SSSR count). The Hall–Kier alpha value is -4.00. The van der Waals surface area contributed by atoms with E-state index in [1.807, 2.05) is 36.4 Å². The van der Waals surface area contributed by atoms with Crippen LogP contribution in [0.2, 0.25) is 0 Å². The third kappa shape index (κ3) is 3.97. The van der Waals surface area contributed by atoms with Gasteiger partial charge in [0.25, 0.3) is 5.91 Å². The summed E-state index contributed by atoms with van der Waals surface area (Å²) < 4.78 is 16.0. The predicted molar refractivity (Wildman–Crippen MR) is 121 cm³/mol. The van der Waals surface area contributed by atoms with E-state index in [2.05, 4.69) is 5.10 Å². The summed E-state index contributed by atoms with van der Waals surface area (Å²) in [7, 11) is 4.68. The summed E-state index contributed by atoms with van der Waals surface area (Å²) in [6.45, 7) is 0. The summed E-state index contributed by atoms with van der Waals surface area (Å²) in [6, 6.07) is 19.2. The van der Waals surface area contributed by atoms with Crippen LogP contribution in [0.5, 0.6) is 23.0 Å². The zero-order chi connectivity index (χ0) is 22.7. The van der Waals surface area contributed by atoms with Gasteiger partial charge >= 0.3 is 0 Å². The first kappa shape index (κ1) is 21.2. The van der Waals surface area contributed by atoms with E-state index in [0.717, 1.165) is 5.56 Å². The van der Waals surface area contributed by atoms with Crippen molar-refractivity contribution < 1.29 is 24.1 Å². The molecule has 0 unspecified atom stereocenters. The SMILES string of the molecule is COc1ccc(C2=NN(C(=O)c3ccccc3)[C@H](c3ccc(OC)c(OC)c3)C2)c(O)c1. The maximum atomic E-state index is 13.4. The number of aromatic hydroxyl groups is 1. The number of methoxy groups -OCH3 is 3. The molecule has 0 bridgehead atoms. The molecular weight excluding hydrogens is 408 g/mol. The third-order valence-corrected chi connectivity index (χ3v) is 5.45. The number of nitrogens with zero attached hydrogens (tertiary/aromatic N) is 2. The summed E-state index contributed by atoms with van der Waals surface area (Å²) in [5, 5.41) is 16.6. The highest BCUT2D eigenvalue weighted by Gasteiger charge is 2.35. The normalized spacial score (nSPS) is 15.3. The second kappa shape index (κ2) is 9.01. The molecule has 0 radical (unpaired) electrons. The average molecular weight is 432 g/mol. The van der Waals surface area contributed by atoms with Gasteiger partial charge in [0.15, 0.2) is 11.5 Å². The van der Waals surface area contributed by atoms with Gasteiger partial charge in [-0.3, -0.25) is 4.79 Å². The molecule has 1 aliphatic heterocycles. The molecule has 164 valence electrons. The predicted octanol–water partition coefficient (Wildman–Crippen LogP) is 4.41. The van der Waals surface area contributed by atoms with E-state index in [-0.39, 0.29) is 17.7 Å². The van der Waals surface area contributed by atoms with Crippen LogP contribution in [0.15, 0.2) is 71.8 Å². The molecule has 0 aliphatic carbocycles. The first-order valence-corrected chi connectivity index (χ1v) is 10.1. The highest BCUT2D eigenvalue weighted by atomic mass is 16.5. The maximum absolute atomic E-state index is 13.4. The molecule has 7 heteroatoms. The number of carbonyl (C=O) groups is 1. The molecule has 1 atom stereocenters. The van der Waals surface area contributed by atoms with Gasteiger partial charge in [-0.05, 0) is 42.0 Å². The van der Waals surface area contributed by atoms with Crippen molar-refractivity contribution in [3.8, 4) is 23.0 Å². The fraction of sp³-hybridized carbons (Fsp3) is 0.200. The molecule has 3 aromatic rings. The van der Waals surface area contributed by atoms with Crippen molar-refractivity contribution in [2.24, 2.45) is 5.10 Å². The number of ether oxygens (including phenoxy) is 3. The van der Waals surface area contributed by atoms with Crippen molar-refractivity contribution in [2.75, 3.05) is 21.3 Å². The Labute approximate surface area is 186 Å². The minimum absolute atomic E-state index is 0.0446. The summed E-state index contributed by atoms with van der Waals surface area (Å²) >= 11 is 0. The highest BCUT2D eigenvalue weighted by molar-refractivity contribution is 6.06. The van der Waals surface area contributed by atoms with Crippen molar-refractivity contribution >= 4 is 11.6 Å². The van der Waals surface area contributed by atoms with Crippen molar-refractivity contribution in [3.63, 3.8) is 0 Å². The molecule has 3 aromatic carbocycles. The van der Waals surface area contributed by atoms with Gasteiger partial charge < -0.3 is 19.3 Å². The molecule has 7 nitrogen and oxygen atoms in total. The Morgan fingerprint density at radius 2 is 1.69 bits per heavy atom. The number of carbonyl (C=O) groups excluding carboxylic acids is 1. The van der Waals surface area contributed by atoms with Crippen molar-refractivity contribution in [1.82, 2.24) is 5.01 Å². The zero-order valence-corrected chi connectivity index (χ0v) is 18.1. The number of hydrazone groups is 1. The van der Waals surface area contributed by atoms with E-state index < -0.39 is 0 Å². The van der Waals surface area contributed by atoms with Crippen LogP contribution in [0.4, 0.5) is 0 Å². The molecule has 0 saturated heterocycles. The zero-order valence-electron chi connectivity index (χ0n) is 18.1. The van der Waals surface area contributed by atoms with Gasteiger partial charge in [-0.25, -0.2) is 5.01 Å². The molecule has 0 saturated carbocycles. The van der Waals surface area contributed by atoms with E-state index in [9.17, 15) is 9.90 Å². The Kier molecular flexibility index (Phi) is 5.98. The number of phenolic OH excluding ortho intramolecular Hbond substituents is 1. The highest BCUT2D eigenvalue weighted by Crippen LogP contribution is 2.39. The lowest BCUT2D eigenvalue weighted by molar-refractivity contribution is 0.0711. The van der Waals surface area contributed by atoms with Gasteiger partial charge in [0, 0.05) is 23.6 Å². The lowest BCUT2D eigenvalue weighted by Gasteiger charge is -2.23. The third-order valence-electron chi connectivity index (χ3n) is 5.45. The van der Waals surface area contributed by atoms with E-state index in [4.69, 9.17) is 14.2 Å². The number of amides is 1. The molecule has 0 aromatic heterocycles. The molecule has 1 heterocycles. The van der Waals surface area contributed by atoms with Gasteiger partial charge in [-0.15, -0.1) is 0 Å². The number of phenols is 1. The van der Waals surface area contributed by atoms with Crippen LogP contribution in [0.25, 0.3) is 0 Å². The molecule has 1 amide bonds. The lowest BCUT2D eigenvalue weighted by atomic mass is 9.97. The summed E-state index contributed by atoms with van der Waals surface area (Å²) in [5.41, 5.74) is 2.54. The van der Waals surface area contributed by atoms with Gasteiger partial charge in [-0.1, -0.05) is 24.3 Å². The number of hydrogen-bond acceptors (Lipinski definition) is 6. The van der Waals surface area contributed by atoms with E-state index in [1.54, 1.807) is 38.5 Å². The van der Waals surface area contributed by atoms with Crippen LogP contribution in [0, 0.1) is 0 Å². The molecule has 1 N–H and O–H groups in total. The minimum atomic E-state index is -0.376. The second-order valence-corrected chi connectivity index (χ2v) is 7.28. The van der Waals surface area contributed by atoms with E-state index in [1.165, 1.54) is 18.2 Å². The fourth-order valence-electron chi connectivity index (χ4n) is 3.78. The lowest BCUT2D eigenvalue weighted by Crippen LogP contribution is -2.27. The summed E-state index contributed by atoms with van der Waals surface area (Å²) in [6.07, 6.45) is 0.425. The molecular formula is C25H24N2O5. The van der Waals surface area contributed by atoms with Crippen LogP contribution < -0.4 is 14.2 Å². The van der Waals surface area contributed by atoms with Crippen LogP contribution in [-0.4, -0.2) is 43.1 Å². The number of rotatable bonds is 6. The quantitative estimate of drug-likeness (QED) is 0.624. The standard InChI is InChI=1S/C25H24N2O5/c1-30-18-10-11-19(22(28)14-18)20-15-21(17-9-12-23(31-2)24(13-17)32-3)27(26-20)25(29)16-7-5-4-6-8-16/h4-14,21,28H,15H2,1-3H3/t21-/m0/s1. The average Bonchev–Trinajstić information content (AvgIpc) is 3.28. The van der Waals surface area contributed by atoms with Gasteiger partial charge in [-0.2, -0.15) is 5.10 Å². The molecule has 0 spiro atoms. The van der Waals surface area contributed by atoms with Gasteiger partial charge in [0.1, 0.15) is 11.5 Å². The van der Waals surface area contributed by atoms with E-state index in [0.29, 0.717) is 40.5 Å². The van der Waals surface area contributed by atoms with Crippen molar-refractivity contribution in [3.05, 3.63) is 83.4 Å². The summed E-state index contributed by atoms with van der Waals surface area (Å²) in [4.78, 5) is 13.4. The maximum Gasteiger partial charge on any atom is 0.274 e. The first-order valence-electron chi connectivity index (χ1n) is 10.1. The monoisotopic (exact) mass is 432 g/mol. The minimum Gasteiger partial charge on any atom is -0.507 e. The Morgan fingerprint density at radius 3 is 2.34 bits per heavy atom. The number of benzene rings is 3. The first-order chi connectivity index (χ1) is 15.5. The molecule has 32 heavy (non-hydrogen) atoms. The van der Waals surface area contributed by atoms with E-state index >= 15 is 0 Å². The largest absolute Gasteiger partial charge is 0.507 e. The van der Waals surface area contributed by atoms with Gasteiger partial charge in [0.05, 0.1) is 33.1 Å². The van der Waals surface area contributed by atoms with Gasteiger partial charge in [0.2, 0.25) is 0 Å². The smallest absolute Gasteiger partial charge is 0.274 e. The Bertz CT molecular complexity index is 1160. The molecule has 0 fully saturated rings. The second-order valence-electron chi connectivity index (χ2n) is 7.28. The van der Waals surface area contributed by atoms with Crippen molar-refractivity contribution in [1.29, 1.82) is 0 Å². The van der Waals surface area contributed by atoms with Crippen LogP contribution in [0.1, 0.15) is 33.9 Å². The number of hydrogen-bond donors (Lipinski definition) is 1. The van der Waals surface area contributed by atoms with Crippen LogP contribution >= 0.6 is 0 Å². The van der Waals surface area contributed by atoms with Crippen LogP contribution in [-0.2, 0) is 0 Å². The summed E-state index contributed by atoms with van der Waals surface area (Å²) in [5.74, 6) is 1.53. The molecule has 1 aliphatic rings. The van der Waals surface area contributed by atoms with Crippen LogP contribution in [0.3, 0.4) is 0 Å². The fourth-order valence-corrected chi connectivity index (χ4v) is 3.78. The Balaban J connectivity index is 1.76. The Morgan fingerprint density at radius 1 is 0.938 bits per heavy atom. The topological polar surface area (TPSA) is 80.6 Å².